The van der Waals surface area contributed by atoms with Crippen molar-refractivity contribution in [1.29, 1.82) is 0 Å². The molecule has 0 aliphatic carbocycles. The molecule has 2 N–H and O–H groups in total. The molecule has 0 atom stereocenters. The van der Waals surface area contributed by atoms with Gasteiger partial charge in [0.1, 0.15) is 0 Å². The molecule has 0 amide bonds. The molecule has 0 saturated carbocycles. The van der Waals surface area contributed by atoms with E-state index in [4.69, 9.17) is 4.74 Å². The highest BCUT2D eigenvalue weighted by Crippen LogP contribution is 1.99. The third kappa shape index (κ3) is 9.79. The van der Waals surface area contributed by atoms with Crippen molar-refractivity contribution in [2.75, 3.05) is 72.1 Å². The van der Waals surface area contributed by atoms with Crippen LogP contribution in [-0.4, -0.2) is 87.9 Å². The summed E-state index contributed by atoms with van der Waals surface area (Å²) in [6.07, 6.45) is 2.16. The van der Waals surface area contributed by atoms with Gasteiger partial charge in [-0.1, -0.05) is 6.92 Å². The molecule has 1 aliphatic heterocycles. The number of nitrogens with one attached hydrogen (secondary N) is 2. The molecule has 1 saturated heterocycles. The Hall–Kier alpha value is -0.850. The van der Waals surface area contributed by atoms with Crippen molar-refractivity contribution in [2.24, 2.45) is 4.99 Å². The maximum Gasteiger partial charge on any atom is 0.191 e. The van der Waals surface area contributed by atoms with Crippen LogP contribution < -0.4 is 10.6 Å². The number of ether oxygens (including phenoxy) is 1. The highest BCUT2D eigenvalue weighted by Gasteiger charge is 2.14. The molecule has 1 fully saturated rings. The van der Waals surface area contributed by atoms with Crippen LogP contribution in [0.1, 0.15) is 33.6 Å². The zero-order valence-electron chi connectivity index (χ0n) is 15.4. The lowest BCUT2D eigenvalue weighted by Gasteiger charge is -2.34. The summed E-state index contributed by atoms with van der Waals surface area (Å²) in [5.41, 5.74) is 0. The standard InChI is InChI=1S/C17H37N5O/c1-4-18-17(19-9-7-8-16-23-6-3)20-10-11-22-14-12-21(5-2)13-15-22/h4-16H2,1-3H3,(H2,18,19,20). The molecular weight excluding hydrogens is 290 g/mol. The average Bonchev–Trinajstić information content (AvgIpc) is 2.58. The van der Waals surface area contributed by atoms with Crippen LogP contribution in [0.25, 0.3) is 0 Å². The number of hydrogen-bond donors (Lipinski definition) is 2. The predicted molar refractivity (Wildman–Crippen MR) is 98.3 cm³/mol. The van der Waals surface area contributed by atoms with Gasteiger partial charge in [0, 0.05) is 65.6 Å². The molecule has 0 spiro atoms. The zero-order valence-corrected chi connectivity index (χ0v) is 15.4. The molecule has 23 heavy (non-hydrogen) atoms. The normalized spacial score (nSPS) is 17.4. The smallest absolute Gasteiger partial charge is 0.191 e. The molecule has 1 heterocycles. The van der Waals surface area contributed by atoms with Crippen molar-refractivity contribution < 1.29 is 4.74 Å². The van der Waals surface area contributed by atoms with Gasteiger partial charge in [-0.15, -0.1) is 0 Å². The fourth-order valence-electron chi connectivity index (χ4n) is 2.65. The topological polar surface area (TPSA) is 52.1 Å². The Balaban J connectivity index is 2.14. The van der Waals surface area contributed by atoms with E-state index in [-0.39, 0.29) is 0 Å². The summed E-state index contributed by atoms with van der Waals surface area (Å²) in [5, 5.41) is 6.77. The zero-order chi connectivity index (χ0) is 16.8. The van der Waals surface area contributed by atoms with Gasteiger partial charge < -0.3 is 20.3 Å². The minimum absolute atomic E-state index is 0.806. The number of rotatable bonds is 11. The summed E-state index contributed by atoms with van der Waals surface area (Å²) < 4.78 is 5.35. The van der Waals surface area contributed by atoms with Crippen molar-refractivity contribution in [1.82, 2.24) is 20.4 Å². The second-order valence-corrected chi connectivity index (χ2v) is 5.87. The van der Waals surface area contributed by atoms with Crippen LogP contribution in [0.2, 0.25) is 0 Å². The molecule has 6 nitrogen and oxygen atoms in total. The van der Waals surface area contributed by atoms with Gasteiger partial charge in [0.15, 0.2) is 5.96 Å². The Labute approximate surface area is 142 Å². The quantitative estimate of drug-likeness (QED) is 0.337. The van der Waals surface area contributed by atoms with E-state index in [2.05, 4.69) is 39.3 Å². The van der Waals surface area contributed by atoms with Gasteiger partial charge in [0.25, 0.3) is 0 Å². The van der Waals surface area contributed by atoms with E-state index in [1.54, 1.807) is 0 Å². The summed E-state index contributed by atoms with van der Waals surface area (Å²) in [7, 11) is 0. The Kier molecular flexibility index (Phi) is 11.9. The van der Waals surface area contributed by atoms with Crippen LogP contribution in [-0.2, 0) is 4.74 Å². The largest absolute Gasteiger partial charge is 0.382 e. The highest BCUT2D eigenvalue weighted by atomic mass is 16.5. The van der Waals surface area contributed by atoms with Gasteiger partial charge in [0.2, 0.25) is 0 Å². The summed E-state index contributed by atoms with van der Waals surface area (Å²) >= 11 is 0. The third-order valence-corrected chi connectivity index (χ3v) is 4.15. The number of likely N-dealkylation sites (N-methyl/N-ethyl adjacent to an activating group) is 1. The molecule has 0 aromatic rings. The number of nitrogens with zero attached hydrogens (tertiary/aromatic N) is 3. The first kappa shape index (κ1) is 20.2. The number of guanidine groups is 1. The van der Waals surface area contributed by atoms with Gasteiger partial charge in [-0.05, 0) is 33.2 Å². The van der Waals surface area contributed by atoms with E-state index in [0.29, 0.717) is 0 Å². The summed E-state index contributed by atoms with van der Waals surface area (Å²) in [5.74, 6) is 0.941. The lowest BCUT2D eigenvalue weighted by atomic mass is 10.3. The third-order valence-electron chi connectivity index (χ3n) is 4.15. The molecule has 0 radical (unpaired) electrons. The average molecular weight is 328 g/mol. The van der Waals surface area contributed by atoms with Crippen molar-refractivity contribution in [3.05, 3.63) is 0 Å². The molecule has 6 heteroatoms. The molecule has 1 rings (SSSR count). The number of piperazine rings is 1. The molecular formula is C17H37N5O. The first-order valence-electron chi connectivity index (χ1n) is 9.34. The molecule has 0 aromatic carbocycles. The molecule has 0 unspecified atom stereocenters. The molecule has 0 aromatic heterocycles. The van der Waals surface area contributed by atoms with E-state index >= 15 is 0 Å². The van der Waals surface area contributed by atoms with E-state index in [1.807, 2.05) is 6.92 Å². The van der Waals surface area contributed by atoms with Crippen LogP contribution in [0.5, 0.6) is 0 Å². The Bertz CT molecular complexity index is 303. The van der Waals surface area contributed by atoms with Gasteiger partial charge >= 0.3 is 0 Å². The minimum atomic E-state index is 0.806. The monoisotopic (exact) mass is 327 g/mol. The van der Waals surface area contributed by atoms with Crippen LogP contribution in [0.3, 0.4) is 0 Å². The summed E-state index contributed by atoms with van der Waals surface area (Å²) in [4.78, 5) is 9.68. The number of hydrogen-bond acceptors (Lipinski definition) is 4. The first-order chi connectivity index (χ1) is 11.3. The van der Waals surface area contributed by atoms with Crippen molar-refractivity contribution in [3.63, 3.8) is 0 Å². The SMILES string of the molecule is CCNC(=NCCCCOCC)NCCN1CCN(CC)CC1. The molecule has 136 valence electrons. The summed E-state index contributed by atoms with van der Waals surface area (Å²) in [6.45, 7) is 17.8. The Morgan fingerprint density at radius 1 is 1.00 bits per heavy atom. The van der Waals surface area contributed by atoms with Gasteiger partial charge in [-0.25, -0.2) is 0 Å². The first-order valence-corrected chi connectivity index (χ1v) is 9.34. The predicted octanol–water partition coefficient (Wildman–Crippen LogP) is 0.996. The van der Waals surface area contributed by atoms with E-state index in [9.17, 15) is 0 Å². The number of unbranched alkanes of at least 4 members (excludes halogenated alkanes) is 1. The van der Waals surface area contributed by atoms with Crippen molar-refractivity contribution >= 4 is 5.96 Å². The minimum Gasteiger partial charge on any atom is -0.382 e. The van der Waals surface area contributed by atoms with Crippen molar-refractivity contribution in [3.8, 4) is 0 Å². The molecule has 1 aliphatic rings. The Morgan fingerprint density at radius 3 is 2.39 bits per heavy atom. The lowest BCUT2D eigenvalue weighted by molar-refractivity contribution is 0.139. The van der Waals surface area contributed by atoms with E-state index < -0.39 is 0 Å². The summed E-state index contributed by atoms with van der Waals surface area (Å²) in [6, 6.07) is 0. The number of aliphatic imine (C=N–C) groups is 1. The van der Waals surface area contributed by atoms with Gasteiger partial charge in [0.05, 0.1) is 0 Å². The lowest BCUT2D eigenvalue weighted by Crippen LogP contribution is -2.49. The van der Waals surface area contributed by atoms with Crippen molar-refractivity contribution in [2.45, 2.75) is 33.6 Å². The van der Waals surface area contributed by atoms with E-state index in [1.165, 1.54) is 32.7 Å². The van der Waals surface area contributed by atoms with Gasteiger partial charge in [-0.2, -0.15) is 0 Å². The van der Waals surface area contributed by atoms with E-state index in [0.717, 1.165) is 58.2 Å². The fraction of sp³-hybridized carbons (Fsp3) is 0.941. The highest BCUT2D eigenvalue weighted by molar-refractivity contribution is 5.79. The van der Waals surface area contributed by atoms with Crippen LogP contribution in [0.4, 0.5) is 0 Å². The van der Waals surface area contributed by atoms with Gasteiger partial charge in [-0.3, -0.25) is 9.89 Å². The Morgan fingerprint density at radius 2 is 1.74 bits per heavy atom. The fourth-order valence-corrected chi connectivity index (χ4v) is 2.65. The van der Waals surface area contributed by atoms with Crippen LogP contribution >= 0.6 is 0 Å². The maximum atomic E-state index is 5.35. The molecule has 0 bridgehead atoms. The van der Waals surface area contributed by atoms with Crippen LogP contribution in [0, 0.1) is 0 Å². The second kappa shape index (κ2) is 13.6. The van der Waals surface area contributed by atoms with Crippen LogP contribution in [0.15, 0.2) is 4.99 Å². The second-order valence-electron chi connectivity index (χ2n) is 5.87. The maximum absolute atomic E-state index is 5.35.